The smallest absolute Gasteiger partial charge is 0.119 e. The van der Waals surface area contributed by atoms with Crippen LogP contribution in [0.3, 0.4) is 0 Å². The van der Waals surface area contributed by atoms with Crippen molar-refractivity contribution in [3.63, 3.8) is 0 Å². The molecule has 0 N–H and O–H groups in total. The predicted octanol–water partition coefficient (Wildman–Crippen LogP) is 2.28. The zero-order chi connectivity index (χ0) is 11.1. The summed E-state index contributed by atoms with van der Waals surface area (Å²) in [4.78, 5) is 2.02. The lowest BCUT2D eigenvalue weighted by Crippen LogP contribution is -2.24. The fourth-order valence-corrected chi connectivity index (χ4v) is 1.21. The standard InChI is InChI=1S/C12H14ClNO/c1-3-8-14(2)9-10-15-12-6-4-11(13)5-7-12/h1,4-7H,8-10H2,2H3. The Bertz CT molecular complexity index is 328. The van der Waals surface area contributed by atoms with Gasteiger partial charge in [0, 0.05) is 11.6 Å². The van der Waals surface area contributed by atoms with Crippen LogP contribution < -0.4 is 4.74 Å². The molecule has 15 heavy (non-hydrogen) atoms. The summed E-state index contributed by atoms with van der Waals surface area (Å²) in [6.07, 6.45) is 5.18. The fraction of sp³-hybridized carbons (Fsp3) is 0.333. The van der Waals surface area contributed by atoms with Crippen LogP contribution in [0, 0.1) is 12.3 Å². The van der Waals surface area contributed by atoms with Gasteiger partial charge in [-0.15, -0.1) is 6.42 Å². The molecule has 1 rings (SSSR count). The highest BCUT2D eigenvalue weighted by Crippen LogP contribution is 2.15. The van der Waals surface area contributed by atoms with Crippen LogP contribution in [0.5, 0.6) is 5.75 Å². The Morgan fingerprint density at radius 2 is 2.07 bits per heavy atom. The molecule has 0 atom stereocenters. The number of halogens is 1. The highest BCUT2D eigenvalue weighted by atomic mass is 35.5. The first-order chi connectivity index (χ1) is 7.22. The average Bonchev–Trinajstić information content (AvgIpc) is 2.21. The summed E-state index contributed by atoms with van der Waals surface area (Å²) in [5, 5.41) is 0.715. The van der Waals surface area contributed by atoms with Crippen molar-refractivity contribution in [2.24, 2.45) is 0 Å². The molecule has 0 aliphatic rings. The molecule has 0 bridgehead atoms. The molecule has 0 amide bonds. The van der Waals surface area contributed by atoms with E-state index in [0.717, 1.165) is 12.3 Å². The van der Waals surface area contributed by atoms with Gasteiger partial charge in [0.15, 0.2) is 0 Å². The molecule has 0 unspecified atom stereocenters. The topological polar surface area (TPSA) is 12.5 Å². The normalized spacial score (nSPS) is 10.0. The minimum absolute atomic E-state index is 0.625. The molecule has 2 nitrogen and oxygen atoms in total. The van der Waals surface area contributed by atoms with Gasteiger partial charge in [-0.25, -0.2) is 0 Å². The van der Waals surface area contributed by atoms with Crippen molar-refractivity contribution in [2.45, 2.75) is 0 Å². The van der Waals surface area contributed by atoms with Crippen molar-refractivity contribution in [1.82, 2.24) is 4.90 Å². The van der Waals surface area contributed by atoms with Gasteiger partial charge in [-0.05, 0) is 31.3 Å². The molecule has 0 aromatic heterocycles. The van der Waals surface area contributed by atoms with Crippen LogP contribution in [0.1, 0.15) is 0 Å². The van der Waals surface area contributed by atoms with Crippen LogP contribution >= 0.6 is 11.6 Å². The molecule has 1 aromatic carbocycles. The van der Waals surface area contributed by atoms with Gasteiger partial charge in [-0.1, -0.05) is 17.5 Å². The van der Waals surface area contributed by atoms with Gasteiger partial charge in [0.1, 0.15) is 12.4 Å². The van der Waals surface area contributed by atoms with E-state index in [0.29, 0.717) is 18.2 Å². The molecule has 0 aliphatic heterocycles. The van der Waals surface area contributed by atoms with Crippen molar-refractivity contribution < 1.29 is 4.74 Å². The van der Waals surface area contributed by atoms with Gasteiger partial charge >= 0.3 is 0 Å². The van der Waals surface area contributed by atoms with Crippen LogP contribution in [0.15, 0.2) is 24.3 Å². The molecule has 80 valence electrons. The minimum atomic E-state index is 0.625. The zero-order valence-electron chi connectivity index (χ0n) is 8.74. The number of hydrogen-bond donors (Lipinski definition) is 0. The monoisotopic (exact) mass is 223 g/mol. The Morgan fingerprint density at radius 1 is 1.40 bits per heavy atom. The summed E-state index contributed by atoms with van der Waals surface area (Å²) in [5.41, 5.74) is 0. The molecule has 0 heterocycles. The van der Waals surface area contributed by atoms with Crippen LogP contribution in [0.25, 0.3) is 0 Å². The molecule has 0 fully saturated rings. The van der Waals surface area contributed by atoms with Gasteiger partial charge in [0.05, 0.1) is 6.54 Å². The summed E-state index contributed by atoms with van der Waals surface area (Å²) in [6, 6.07) is 7.32. The molecular formula is C12H14ClNO. The number of terminal acetylenes is 1. The number of hydrogen-bond acceptors (Lipinski definition) is 2. The first-order valence-electron chi connectivity index (χ1n) is 4.73. The lowest BCUT2D eigenvalue weighted by atomic mass is 10.3. The van der Waals surface area contributed by atoms with Crippen LogP contribution in [-0.4, -0.2) is 31.6 Å². The number of benzene rings is 1. The predicted molar refractivity (Wildman–Crippen MR) is 63.3 cm³/mol. The zero-order valence-corrected chi connectivity index (χ0v) is 9.50. The SMILES string of the molecule is C#CCN(C)CCOc1ccc(Cl)cc1. The summed E-state index contributed by atoms with van der Waals surface area (Å²) in [7, 11) is 1.96. The Labute approximate surface area is 95.8 Å². The van der Waals surface area contributed by atoms with E-state index >= 15 is 0 Å². The van der Waals surface area contributed by atoms with Gasteiger partial charge in [-0.2, -0.15) is 0 Å². The fourth-order valence-electron chi connectivity index (χ4n) is 1.09. The second kappa shape index (κ2) is 6.34. The maximum atomic E-state index is 5.75. The Morgan fingerprint density at radius 3 is 2.67 bits per heavy atom. The molecule has 0 saturated carbocycles. The van der Waals surface area contributed by atoms with E-state index in [-0.39, 0.29) is 0 Å². The largest absolute Gasteiger partial charge is 0.492 e. The van der Waals surface area contributed by atoms with Crippen molar-refractivity contribution >= 4 is 11.6 Å². The van der Waals surface area contributed by atoms with Crippen LogP contribution in [0.2, 0.25) is 5.02 Å². The summed E-state index contributed by atoms with van der Waals surface area (Å²) >= 11 is 5.75. The number of likely N-dealkylation sites (N-methyl/N-ethyl adjacent to an activating group) is 1. The minimum Gasteiger partial charge on any atom is -0.492 e. The van der Waals surface area contributed by atoms with Crippen molar-refractivity contribution in [3.05, 3.63) is 29.3 Å². The van der Waals surface area contributed by atoms with Crippen molar-refractivity contribution in [2.75, 3.05) is 26.7 Å². The van der Waals surface area contributed by atoms with Crippen molar-refractivity contribution in [3.8, 4) is 18.1 Å². The van der Waals surface area contributed by atoms with E-state index in [9.17, 15) is 0 Å². The average molecular weight is 224 g/mol. The molecular weight excluding hydrogens is 210 g/mol. The number of rotatable bonds is 5. The Hall–Kier alpha value is -1.17. The molecule has 0 saturated heterocycles. The lowest BCUT2D eigenvalue weighted by molar-refractivity contribution is 0.251. The number of ether oxygens (including phenoxy) is 1. The van der Waals surface area contributed by atoms with Crippen molar-refractivity contribution in [1.29, 1.82) is 0 Å². The van der Waals surface area contributed by atoms with Crippen LogP contribution in [0.4, 0.5) is 0 Å². The quantitative estimate of drug-likeness (QED) is 0.711. The highest BCUT2D eigenvalue weighted by Gasteiger charge is 1.97. The third kappa shape index (κ3) is 4.73. The maximum Gasteiger partial charge on any atom is 0.119 e. The van der Waals surface area contributed by atoms with E-state index in [4.69, 9.17) is 22.8 Å². The third-order valence-electron chi connectivity index (χ3n) is 1.92. The lowest BCUT2D eigenvalue weighted by Gasteiger charge is -2.13. The maximum absolute atomic E-state index is 5.75. The van der Waals surface area contributed by atoms with E-state index in [1.165, 1.54) is 0 Å². The summed E-state index contributed by atoms with van der Waals surface area (Å²) < 4.78 is 5.51. The van der Waals surface area contributed by atoms with Gasteiger partial charge in [0.25, 0.3) is 0 Å². The Balaban J connectivity index is 2.26. The molecule has 3 heteroatoms. The molecule has 0 radical (unpaired) electrons. The van der Waals surface area contributed by atoms with Gasteiger partial charge in [-0.3, -0.25) is 4.90 Å². The third-order valence-corrected chi connectivity index (χ3v) is 2.17. The van der Waals surface area contributed by atoms with Gasteiger partial charge in [0.2, 0.25) is 0 Å². The van der Waals surface area contributed by atoms with E-state index in [1.807, 2.05) is 36.2 Å². The first-order valence-corrected chi connectivity index (χ1v) is 5.10. The molecule has 0 spiro atoms. The summed E-state index contributed by atoms with van der Waals surface area (Å²) in [6.45, 7) is 2.08. The first kappa shape index (κ1) is 11.9. The molecule has 0 aliphatic carbocycles. The second-order valence-electron chi connectivity index (χ2n) is 3.24. The number of nitrogens with zero attached hydrogens (tertiary/aromatic N) is 1. The summed E-state index contributed by atoms with van der Waals surface area (Å²) in [5.74, 6) is 3.40. The Kier molecular flexibility index (Phi) is 5.03. The van der Waals surface area contributed by atoms with Crippen LogP contribution in [-0.2, 0) is 0 Å². The van der Waals surface area contributed by atoms with E-state index in [2.05, 4.69) is 5.92 Å². The second-order valence-corrected chi connectivity index (χ2v) is 3.68. The van der Waals surface area contributed by atoms with E-state index < -0.39 is 0 Å². The highest BCUT2D eigenvalue weighted by molar-refractivity contribution is 6.30. The van der Waals surface area contributed by atoms with Gasteiger partial charge < -0.3 is 4.74 Å². The molecule has 1 aromatic rings. The van der Waals surface area contributed by atoms with E-state index in [1.54, 1.807) is 0 Å².